The van der Waals surface area contributed by atoms with Crippen LogP contribution in [0, 0.1) is 0 Å². The van der Waals surface area contributed by atoms with Crippen molar-refractivity contribution in [2.24, 2.45) is 0 Å². The lowest BCUT2D eigenvalue weighted by Gasteiger charge is -2.07. The zero-order chi connectivity index (χ0) is 17.2. The minimum absolute atomic E-state index is 0.761. The van der Waals surface area contributed by atoms with Crippen LogP contribution in [0.1, 0.15) is 0 Å². The maximum Gasteiger partial charge on any atom is 0.212 e. The van der Waals surface area contributed by atoms with Gasteiger partial charge in [-0.25, -0.2) is 0 Å². The van der Waals surface area contributed by atoms with Crippen molar-refractivity contribution in [3.63, 3.8) is 0 Å². The molecule has 0 fully saturated rings. The second kappa shape index (κ2) is 7.28. The zero-order valence-corrected chi connectivity index (χ0v) is 17.0. The number of para-hydroxylation sites is 1. The number of aromatic nitrogens is 1. The molecule has 0 aliphatic carbocycles. The van der Waals surface area contributed by atoms with Crippen molar-refractivity contribution in [2.75, 3.05) is 0 Å². The molecular formula is C20H13Br2NOS. The molecule has 0 aliphatic heterocycles. The van der Waals surface area contributed by atoms with Crippen molar-refractivity contribution >= 4 is 54.5 Å². The third-order valence-corrected chi connectivity index (χ3v) is 5.87. The molecule has 0 radical (unpaired) electrons. The monoisotopic (exact) mass is 473 g/mol. The molecule has 0 aliphatic rings. The highest BCUT2D eigenvalue weighted by Crippen LogP contribution is 2.42. The molecule has 0 bridgehead atoms. The topological polar surface area (TPSA) is 25.0 Å². The Balaban J connectivity index is 1.74. The number of aromatic amines is 1. The number of rotatable bonds is 4. The molecule has 25 heavy (non-hydrogen) atoms. The molecule has 1 heterocycles. The number of hydrogen-bond donors (Lipinski definition) is 1. The van der Waals surface area contributed by atoms with Gasteiger partial charge >= 0.3 is 0 Å². The van der Waals surface area contributed by atoms with Crippen molar-refractivity contribution in [1.82, 2.24) is 4.98 Å². The number of ether oxygens (including phenoxy) is 1. The number of nitrogens with one attached hydrogen (secondary N) is 1. The molecule has 4 rings (SSSR count). The van der Waals surface area contributed by atoms with E-state index < -0.39 is 0 Å². The van der Waals surface area contributed by atoms with Gasteiger partial charge in [0, 0.05) is 24.7 Å². The summed E-state index contributed by atoms with van der Waals surface area (Å²) in [6, 6.07) is 24.4. The standard InChI is InChI=1S/C20H13Br2NOS/c21-13-5-9-15(10-6-13)24-20-19(17-3-1-2-4-18(17)23-20)25-16-11-7-14(22)8-12-16/h1-12,23H. The first-order valence-corrected chi connectivity index (χ1v) is 10.1. The summed E-state index contributed by atoms with van der Waals surface area (Å²) in [5.41, 5.74) is 1.06. The fourth-order valence-corrected chi connectivity index (χ4v) is 4.02. The Kier molecular flexibility index (Phi) is 4.88. The summed E-state index contributed by atoms with van der Waals surface area (Å²) in [6.07, 6.45) is 0. The van der Waals surface area contributed by atoms with Gasteiger partial charge < -0.3 is 9.72 Å². The molecule has 124 valence electrons. The largest absolute Gasteiger partial charge is 0.440 e. The second-order valence-electron chi connectivity index (χ2n) is 5.44. The fourth-order valence-electron chi connectivity index (χ4n) is 2.51. The van der Waals surface area contributed by atoms with Crippen LogP contribution < -0.4 is 4.74 Å². The Hall–Kier alpha value is -1.69. The van der Waals surface area contributed by atoms with Crippen molar-refractivity contribution in [1.29, 1.82) is 0 Å². The van der Waals surface area contributed by atoms with Gasteiger partial charge in [-0.3, -0.25) is 0 Å². The molecule has 1 N–H and O–H groups in total. The maximum atomic E-state index is 6.14. The molecule has 1 aromatic heterocycles. The van der Waals surface area contributed by atoms with Crippen LogP contribution in [0.4, 0.5) is 0 Å². The lowest BCUT2D eigenvalue weighted by molar-refractivity contribution is 0.456. The van der Waals surface area contributed by atoms with Crippen LogP contribution in [-0.2, 0) is 0 Å². The van der Waals surface area contributed by atoms with E-state index in [1.807, 2.05) is 48.5 Å². The van der Waals surface area contributed by atoms with E-state index in [9.17, 15) is 0 Å². The molecule has 0 spiro atoms. The van der Waals surface area contributed by atoms with E-state index >= 15 is 0 Å². The maximum absolute atomic E-state index is 6.14. The highest BCUT2D eigenvalue weighted by Gasteiger charge is 2.15. The van der Waals surface area contributed by atoms with Gasteiger partial charge in [0.05, 0.1) is 4.90 Å². The molecule has 2 nitrogen and oxygen atoms in total. The third-order valence-electron chi connectivity index (χ3n) is 3.69. The smallest absolute Gasteiger partial charge is 0.212 e. The second-order valence-corrected chi connectivity index (χ2v) is 8.36. The highest BCUT2D eigenvalue weighted by molar-refractivity contribution is 9.10. The van der Waals surface area contributed by atoms with Gasteiger partial charge in [0.15, 0.2) is 0 Å². The predicted octanol–water partition coefficient (Wildman–Crippen LogP) is 7.64. The summed E-state index contributed by atoms with van der Waals surface area (Å²) in [4.78, 5) is 5.64. The minimum Gasteiger partial charge on any atom is -0.440 e. The van der Waals surface area contributed by atoms with Crippen LogP contribution in [0.25, 0.3) is 10.9 Å². The summed E-state index contributed by atoms with van der Waals surface area (Å²) < 4.78 is 8.24. The summed E-state index contributed by atoms with van der Waals surface area (Å²) in [6.45, 7) is 0. The number of benzene rings is 3. The van der Waals surface area contributed by atoms with Crippen molar-refractivity contribution in [3.05, 3.63) is 81.7 Å². The quantitative estimate of drug-likeness (QED) is 0.328. The van der Waals surface area contributed by atoms with E-state index in [2.05, 4.69) is 61.1 Å². The lowest BCUT2D eigenvalue weighted by atomic mass is 10.2. The van der Waals surface area contributed by atoms with E-state index in [1.165, 1.54) is 0 Å². The first-order chi connectivity index (χ1) is 12.2. The van der Waals surface area contributed by atoms with Crippen LogP contribution in [0.15, 0.2) is 91.5 Å². The molecular weight excluding hydrogens is 462 g/mol. The van der Waals surface area contributed by atoms with Crippen molar-refractivity contribution < 1.29 is 4.74 Å². The Morgan fingerprint density at radius 2 is 1.40 bits per heavy atom. The van der Waals surface area contributed by atoms with Crippen LogP contribution >= 0.6 is 43.6 Å². The summed E-state index contributed by atoms with van der Waals surface area (Å²) in [5, 5.41) is 1.16. The van der Waals surface area contributed by atoms with Gasteiger partial charge in [-0.2, -0.15) is 0 Å². The van der Waals surface area contributed by atoms with Crippen molar-refractivity contribution in [3.8, 4) is 11.6 Å². The van der Waals surface area contributed by atoms with Gasteiger partial charge in [0.2, 0.25) is 5.88 Å². The fraction of sp³-hybridized carbons (Fsp3) is 0. The van der Waals surface area contributed by atoms with E-state index in [4.69, 9.17) is 4.74 Å². The molecule has 0 unspecified atom stereocenters. The van der Waals surface area contributed by atoms with E-state index in [0.29, 0.717) is 0 Å². The summed E-state index contributed by atoms with van der Waals surface area (Å²) in [5.74, 6) is 1.56. The van der Waals surface area contributed by atoms with Gasteiger partial charge in [0.1, 0.15) is 5.75 Å². The Morgan fingerprint density at radius 3 is 2.12 bits per heavy atom. The van der Waals surface area contributed by atoms with Crippen LogP contribution in [0.2, 0.25) is 0 Å². The summed E-state index contributed by atoms with van der Waals surface area (Å²) >= 11 is 8.63. The van der Waals surface area contributed by atoms with E-state index in [-0.39, 0.29) is 0 Å². The SMILES string of the molecule is Brc1ccc(Oc2[nH]c3ccccc3c2Sc2ccc(Br)cc2)cc1. The van der Waals surface area contributed by atoms with Crippen LogP contribution in [0.3, 0.4) is 0 Å². The van der Waals surface area contributed by atoms with E-state index in [1.54, 1.807) is 11.8 Å². The molecule has 0 saturated carbocycles. The average molecular weight is 475 g/mol. The van der Waals surface area contributed by atoms with Crippen molar-refractivity contribution in [2.45, 2.75) is 9.79 Å². The molecule has 3 aromatic carbocycles. The average Bonchev–Trinajstić information content (AvgIpc) is 2.96. The number of fused-ring (bicyclic) bond motifs is 1. The van der Waals surface area contributed by atoms with Crippen LogP contribution in [-0.4, -0.2) is 4.98 Å². The van der Waals surface area contributed by atoms with Crippen LogP contribution in [0.5, 0.6) is 11.6 Å². The Bertz CT molecular complexity index is 1010. The molecule has 5 heteroatoms. The molecule has 0 saturated heterocycles. The van der Waals surface area contributed by atoms with Gasteiger partial charge in [-0.1, -0.05) is 61.8 Å². The molecule has 4 aromatic rings. The zero-order valence-electron chi connectivity index (χ0n) is 13.0. The predicted molar refractivity (Wildman–Crippen MR) is 111 cm³/mol. The normalized spacial score (nSPS) is 11.0. The Labute approximate surface area is 166 Å². The van der Waals surface area contributed by atoms with Gasteiger partial charge in [0.25, 0.3) is 0 Å². The lowest BCUT2D eigenvalue weighted by Crippen LogP contribution is -1.85. The van der Waals surface area contributed by atoms with Gasteiger partial charge in [-0.05, 0) is 54.6 Å². The molecule has 0 atom stereocenters. The minimum atomic E-state index is 0.761. The number of hydrogen-bond acceptors (Lipinski definition) is 2. The molecule has 0 amide bonds. The first-order valence-electron chi connectivity index (χ1n) is 7.66. The van der Waals surface area contributed by atoms with E-state index in [0.717, 1.165) is 41.3 Å². The van der Waals surface area contributed by atoms with Gasteiger partial charge in [-0.15, -0.1) is 0 Å². The first kappa shape index (κ1) is 16.8. The number of halogens is 2. The number of H-pyrrole nitrogens is 1. The highest BCUT2D eigenvalue weighted by atomic mass is 79.9. The Morgan fingerprint density at radius 1 is 0.760 bits per heavy atom. The summed E-state index contributed by atoms with van der Waals surface area (Å²) in [7, 11) is 0. The third kappa shape index (κ3) is 3.78.